The first-order valence-corrected chi connectivity index (χ1v) is 8.77. The number of benzene rings is 1. The van der Waals surface area contributed by atoms with Crippen LogP contribution in [0.15, 0.2) is 16.6 Å². The molecule has 6 nitrogen and oxygen atoms in total. The molecule has 0 spiro atoms. The average Bonchev–Trinajstić information content (AvgIpc) is 3.18. The predicted octanol–water partition coefficient (Wildman–Crippen LogP) is 2.26. The molecule has 1 saturated carbocycles. The van der Waals surface area contributed by atoms with E-state index in [2.05, 4.69) is 26.8 Å². The molecule has 1 aromatic carbocycles. The van der Waals surface area contributed by atoms with Gasteiger partial charge in [-0.25, -0.2) is 5.43 Å². The summed E-state index contributed by atoms with van der Waals surface area (Å²) in [6, 6.07) is 3.83. The van der Waals surface area contributed by atoms with Gasteiger partial charge in [0.15, 0.2) is 11.5 Å². The van der Waals surface area contributed by atoms with Gasteiger partial charge in [0, 0.05) is 22.0 Å². The van der Waals surface area contributed by atoms with Crippen molar-refractivity contribution in [1.82, 2.24) is 10.9 Å². The van der Waals surface area contributed by atoms with Crippen LogP contribution in [0.5, 0.6) is 11.5 Å². The van der Waals surface area contributed by atoms with Crippen LogP contribution in [-0.2, 0) is 16.1 Å². The molecule has 23 heavy (non-hydrogen) atoms. The van der Waals surface area contributed by atoms with E-state index in [4.69, 9.17) is 14.2 Å². The van der Waals surface area contributed by atoms with Crippen molar-refractivity contribution in [3.8, 4) is 11.5 Å². The number of hydrogen-bond acceptors (Lipinski definition) is 6. The molecule has 1 aromatic rings. The molecule has 1 saturated heterocycles. The molecule has 1 aliphatic carbocycles. The zero-order valence-electron chi connectivity index (χ0n) is 12.6. The number of fused-ring (bicyclic) bond motifs is 2. The molecule has 2 fully saturated rings. The normalized spacial score (nSPS) is 28.5. The van der Waals surface area contributed by atoms with Gasteiger partial charge in [-0.2, -0.15) is 0 Å². The topological polar surface area (TPSA) is 68.8 Å². The Bertz CT molecular complexity index is 624. The Morgan fingerprint density at radius 2 is 2.00 bits per heavy atom. The fraction of sp³-hybridized carbons (Fsp3) is 0.562. The van der Waals surface area contributed by atoms with Gasteiger partial charge in [0.1, 0.15) is 12.6 Å². The Morgan fingerprint density at radius 1 is 1.22 bits per heavy atom. The smallest absolute Gasteiger partial charge is 0.325 e. The fourth-order valence-electron chi connectivity index (χ4n) is 3.58. The van der Waals surface area contributed by atoms with E-state index in [0.717, 1.165) is 22.9 Å². The number of carbonyl (C=O) groups excluding carboxylic acids is 1. The van der Waals surface area contributed by atoms with Gasteiger partial charge in [0.05, 0.1) is 0 Å². The van der Waals surface area contributed by atoms with Crippen molar-refractivity contribution in [3.05, 3.63) is 22.2 Å². The Hall–Kier alpha value is -1.31. The minimum absolute atomic E-state index is 0.198. The number of nitrogens with one attached hydrogen (secondary N) is 2. The maximum absolute atomic E-state index is 12.4. The number of carbonyl (C=O) groups is 1. The highest BCUT2D eigenvalue weighted by Crippen LogP contribution is 2.37. The molecule has 2 N–H and O–H groups in total. The molecular formula is C16H19BrN2O4. The highest BCUT2D eigenvalue weighted by atomic mass is 79.9. The lowest BCUT2D eigenvalue weighted by Gasteiger charge is -2.26. The molecular weight excluding hydrogens is 364 g/mol. The van der Waals surface area contributed by atoms with E-state index in [0.29, 0.717) is 23.5 Å². The van der Waals surface area contributed by atoms with Crippen LogP contribution in [-0.4, -0.2) is 24.8 Å². The Morgan fingerprint density at radius 3 is 2.87 bits per heavy atom. The molecule has 2 heterocycles. The van der Waals surface area contributed by atoms with Gasteiger partial charge < -0.3 is 14.2 Å². The summed E-state index contributed by atoms with van der Waals surface area (Å²) in [5.41, 5.74) is 7.22. The van der Waals surface area contributed by atoms with Crippen molar-refractivity contribution in [3.63, 3.8) is 0 Å². The van der Waals surface area contributed by atoms with Crippen LogP contribution in [0, 0.1) is 5.92 Å². The molecule has 0 aromatic heterocycles. The van der Waals surface area contributed by atoms with Crippen molar-refractivity contribution in [1.29, 1.82) is 0 Å². The third-order valence-electron chi connectivity index (χ3n) is 4.84. The summed E-state index contributed by atoms with van der Waals surface area (Å²) in [5.74, 6) is 1.53. The van der Waals surface area contributed by atoms with E-state index in [-0.39, 0.29) is 25.4 Å². The second-order valence-corrected chi connectivity index (χ2v) is 7.08. The SMILES string of the molecule is O=C(OCc1cc2c(cc1Br)OCO2)C1NNC2CCCCC21. The summed E-state index contributed by atoms with van der Waals surface area (Å²) < 4.78 is 17.1. The van der Waals surface area contributed by atoms with Gasteiger partial charge in [-0.05, 0) is 25.0 Å². The second kappa shape index (κ2) is 6.30. The molecule has 2 aliphatic heterocycles. The first kappa shape index (κ1) is 15.2. The quantitative estimate of drug-likeness (QED) is 0.781. The lowest BCUT2D eigenvalue weighted by atomic mass is 9.82. The number of esters is 1. The molecule has 4 rings (SSSR count). The molecule has 0 amide bonds. The predicted molar refractivity (Wildman–Crippen MR) is 85.9 cm³/mol. The minimum Gasteiger partial charge on any atom is -0.460 e. The maximum Gasteiger partial charge on any atom is 0.325 e. The first-order valence-electron chi connectivity index (χ1n) is 7.98. The van der Waals surface area contributed by atoms with E-state index >= 15 is 0 Å². The zero-order chi connectivity index (χ0) is 15.8. The van der Waals surface area contributed by atoms with Crippen LogP contribution < -0.4 is 20.3 Å². The summed E-state index contributed by atoms with van der Waals surface area (Å²) in [4.78, 5) is 12.4. The minimum atomic E-state index is -0.256. The lowest BCUT2D eigenvalue weighted by Crippen LogP contribution is -2.39. The van der Waals surface area contributed by atoms with Gasteiger partial charge in [0.2, 0.25) is 6.79 Å². The number of ether oxygens (including phenoxy) is 3. The third kappa shape index (κ3) is 2.93. The van der Waals surface area contributed by atoms with Crippen LogP contribution in [0.2, 0.25) is 0 Å². The molecule has 7 heteroatoms. The molecule has 3 aliphatic rings. The largest absolute Gasteiger partial charge is 0.460 e. The van der Waals surface area contributed by atoms with Gasteiger partial charge >= 0.3 is 5.97 Å². The van der Waals surface area contributed by atoms with Crippen LogP contribution in [0.4, 0.5) is 0 Å². The van der Waals surface area contributed by atoms with Gasteiger partial charge in [-0.3, -0.25) is 10.2 Å². The van der Waals surface area contributed by atoms with Crippen molar-refractivity contribution < 1.29 is 19.0 Å². The number of halogens is 1. The Kier molecular flexibility index (Phi) is 4.17. The highest BCUT2D eigenvalue weighted by Gasteiger charge is 2.41. The maximum atomic E-state index is 12.4. The summed E-state index contributed by atoms with van der Waals surface area (Å²) in [6.45, 7) is 0.442. The molecule has 0 radical (unpaired) electrons. The molecule has 0 bridgehead atoms. The van der Waals surface area contributed by atoms with Crippen LogP contribution in [0.3, 0.4) is 0 Å². The van der Waals surface area contributed by atoms with E-state index in [9.17, 15) is 4.79 Å². The Balaban J connectivity index is 1.40. The monoisotopic (exact) mass is 382 g/mol. The van der Waals surface area contributed by atoms with E-state index < -0.39 is 0 Å². The van der Waals surface area contributed by atoms with Gasteiger partial charge in [0.25, 0.3) is 0 Å². The Labute approximate surface area is 143 Å². The molecule has 124 valence electrons. The van der Waals surface area contributed by atoms with E-state index in [1.54, 1.807) is 0 Å². The summed E-state index contributed by atoms with van der Waals surface area (Å²) >= 11 is 3.48. The number of rotatable bonds is 3. The third-order valence-corrected chi connectivity index (χ3v) is 5.58. The van der Waals surface area contributed by atoms with Crippen molar-refractivity contribution in [2.24, 2.45) is 5.92 Å². The first-order chi connectivity index (χ1) is 11.2. The number of hydrogen-bond donors (Lipinski definition) is 2. The van der Waals surface area contributed by atoms with Crippen LogP contribution in [0.1, 0.15) is 31.2 Å². The average molecular weight is 383 g/mol. The highest BCUT2D eigenvalue weighted by molar-refractivity contribution is 9.10. The number of hydrazine groups is 1. The summed E-state index contributed by atoms with van der Waals surface area (Å²) in [7, 11) is 0. The van der Waals surface area contributed by atoms with Gasteiger partial charge in [-0.15, -0.1) is 0 Å². The fourth-order valence-corrected chi connectivity index (χ4v) is 4.02. The van der Waals surface area contributed by atoms with Crippen molar-refractivity contribution in [2.75, 3.05) is 6.79 Å². The van der Waals surface area contributed by atoms with E-state index in [1.165, 1.54) is 12.8 Å². The molecule has 3 unspecified atom stereocenters. The van der Waals surface area contributed by atoms with Crippen molar-refractivity contribution in [2.45, 2.75) is 44.4 Å². The molecule has 3 atom stereocenters. The van der Waals surface area contributed by atoms with Gasteiger partial charge in [-0.1, -0.05) is 28.8 Å². The standard InChI is InChI=1S/C16H19BrN2O4/c17-11-6-14-13(22-8-23-14)5-9(11)7-21-16(20)15-10-3-1-2-4-12(10)18-19-15/h5-6,10,12,15,18-19H,1-4,7-8H2. The zero-order valence-corrected chi connectivity index (χ0v) is 14.2. The lowest BCUT2D eigenvalue weighted by molar-refractivity contribution is -0.148. The van der Waals surface area contributed by atoms with Crippen molar-refractivity contribution >= 4 is 21.9 Å². The summed E-state index contributed by atoms with van der Waals surface area (Å²) in [6.07, 6.45) is 4.59. The summed E-state index contributed by atoms with van der Waals surface area (Å²) in [5, 5.41) is 0. The second-order valence-electron chi connectivity index (χ2n) is 6.23. The van der Waals surface area contributed by atoms with Crippen LogP contribution >= 0.6 is 15.9 Å². The van der Waals surface area contributed by atoms with E-state index in [1.807, 2.05) is 12.1 Å². The van der Waals surface area contributed by atoms with Crippen LogP contribution in [0.25, 0.3) is 0 Å².